The Labute approximate surface area is 155 Å². The van der Waals surface area contributed by atoms with Crippen LogP contribution in [0.1, 0.15) is 5.56 Å². The first kappa shape index (κ1) is 17.7. The molecule has 0 atom stereocenters. The summed E-state index contributed by atoms with van der Waals surface area (Å²) in [6.45, 7) is 0. The second kappa shape index (κ2) is 8.31. The monoisotopic (exact) mass is 366 g/mol. The molecule has 3 rings (SSSR count). The van der Waals surface area contributed by atoms with E-state index in [1.807, 2.05) is 53.9 Å². The molecule has 1 amide bonds. The van der Waals surface area contributed by atoms with Crippen LogP contribution in [0.25, 0.3) is 17.3 Å². The van der Waals surface area contributed by atoms with Crippen LogP contribution in [0.15, 0.2) is 60.0 Å². The Morgan fingerprint density at radius 2 is 1.85 bits per heavy atom. The number of aromatic nitrogens is 1. The lowest BCUT2D eigenvalue weighted by Gasteiger charge is -2.08. The summed E-state index contributed by atoms with van der Waals surface area (Å²) in [6.07, 6.45) is 3.25. The van der Waals surface area contributed by atoms with E-state index in [1.54, 1.807) is 20.3 Å². The number of nitrogens with zero attached hydrogens (tertiary/aromatic N) is 1. The predicted molar refractivity (Wildman–Crippen MR) is 105 cm³/mol. The molecule has 1 aromatic heterocycles. The number of anilines is 1. The molecule has 0 bridgehead atoms. The van der Waals surface area contributed by atoms with Gasteiger partial charge in [0.15, 0.2) is 16.6 Å². The standard InChI is InChI=1S/C20H18N2O3S/c1-24-17-10-9-15(12-18(17)25-2)16-13-26-20(21-16)22-19(23)11-8-14-6-4-3-5-7-14/h3-13H,1-2H3,(H,21,22,23)/b11-8+. The summed E-state index contributed by atoms with van der Waals surface area (Å²) in [5.74, 6) is 1.07. The third-order valence-corrected chi connectivity index (χ3v) is 4.40. The van der Waals surface area contributed by atoms with Crippen LogP contribution in [0.3, 0.4) is 0 Å². The summed E-state index contributed by atoms with van der Waals surface area (Å²) >= 11 is 1.37. The van der Waals surface area contributed by atoms with E-state index in [1.165, 1.54) is 17.4 Å². The molecular formula is C20H18N2O3S. The van der Waals surface area contributed by atoms with Crippen molar-refractivity contribution in [1.82, 2.24) is 4.98 Å². The predicted octanol–water partition coefficient (Wildman–Crippen LogP) is 4.48. The number of carbonyl (C=O) groups excluding carboxylic acids is 1. The van der Waals surface area contributed by atoms with Crippen molar-refractivity contribution < 1.29 is 14.3 Å². The van der Waals surface area contributed by atoms with E-state index in [0.717, 1.165) is 16.8 Å². The van der Waals surface area contributed by atoms with Gasteiger partial charge in [-0.05, 0) is 29.8 Å². The molecule has 26 heavy (non-hydrogen) atoms. The fourth-order valence-corrected chi connectivity index (χ4v) is 3.07. The molecule has 0 saturated carbocycles. The zero-order chi connectivity index (χ0) is 18.4. The average Bonchev–Trinajstić information content (AvgIpc) is 3.15. The van der Waals surface area contributed by atoms with Crippen molar-refractivity contribution in [1.29, 1.82) is 0 Å². The molecule has 0 fully saturated rings. The van der Waals surface area contributed by atoms with E-state index in [4.69, 9.17) is 9.47 Å². The number of nitrogens with one attached hydrogen (secondary N) is 1. The number of amides is 1. The minimum atomic E-state index is -0.220. The molecule has 5 nitrogen and oxygen atoms in total. The second-order valence-electron chi connectivity index (χ2n) is 5.34. The number of hydrogen-bond donors (Lipinski definition) is 1. The molecule has 6 heteroatoms. The maximum Gasteiger partial charge on any atom is 0.250 e. The first-order chi connectivity index (χ1) is 12.7. The first-order valence-electron chi connectivity index (χ1n) is 7.91. The molecule has 0 aliphatic heterocycles. The third-order valence-electron chi connectivity index (χ3n) is 3.64. The highest BCUT2D eigenvalue weighted by molar-refractivity contribution is 7.14. The molecule has 0 radical (unpaired) electrons. The van der Waals surface area contributed by atoms with Gasteiger partial charge in [0.1, 0.15) is 0 Å². The highest BCUT2D eigenvalue weighted by Crippen LogP contribution is 2.33. The molecule has 1 N–H and O–H groups in total. The Morgan fingerprint density at radius 3 is 2.58 bits per heavy atom. The minimum absolute atomic E-state index is 0.220. The maximum absolute atomic E-state index is 12.0. The number of carbonyl (C=O) groups is 1. The van der Waals surface area contributed by atoms with Crippen molar-refractivity contribution in [3.05, 3.63) is 65.6 Å². The van der Waals surface area contributed by atoms with Crippen molar-refractivity contribution in [3.8, 4) is 22.8 Å². The largest absolute Gasteiger partial charge is 0.493 e. The van der Waals surface area contributed by atoms with Crippen LogP contribution in [0.4, 0.5) is 5.13 Å². The first-order valence-corrected chi connectivity index (χ1v) is 8.79. The minimum Gasteiger partial charge on any atom is -0.493 e. The molecular weight excluding hydrogens is 348 g/mol. The van der Waals surface area contributed by atoms with Crippen LogP contribution < -0.4 is 14.8 Å². The molecule has 0 aliphatic rings. The zero-order valence-electron chi connectivity index (χ0n) is 14.4. The summed E-state index contributed by atoms with van der Waals surface area (Å²) in [5.41, 5.74) is 2.62. The molecule has 2 aromatic carbocycles. The van der Waals surface area contributed by atoms with E-state index in [2.05, 4.69) is 10.3 Å². The normalized spacial score (nSPS) is 10.7. The highest BCUT2D eigenvalue weighted by atomic mass is 32.1. The molecule has 0 saturated heterocycles. The summed E-state index contributed by atoms with van der Waals surface area (Å²) in [7, 11) is 3.18. The Bertz CT molecular complexity index is 920. The van der Waals surface area contributed by atoms with Gasteiger partial charge in [-0.2, -0.15) is 0 Å². The van der Waals surface area contributed by atoms with Gasteiger partial charge in [0, 0.05) is 17.0 Å². The fourth-order valence-electron chi connectivity index (χ4n) is 2.34. The molecule has 1 heterocycles. The van der Waals surface area contributed by atoms with Gasteiger partial charge in [0.25, 0.3) is 0 Å². The van der Waals surface area contributed by atoms with E-state index in [-0.39, 0.29) is 5.91 Å². The molecule has 0 aliphatic carbocycles. The van der Waals surface area contributed by atoms with Gasteiger partial charge >= 0.3 is 0 Å². The van der Waals surface area contributed by atoms with Crippen molar-refractivity contribution in [2.75, 3.05) is 19.5 Å². The highest BCUT2D eigenvalue weighted by Gasteiger charge is 2.10. The Morgan fingerprint density at radius 1 is 1.08 bits per heavy atom. The van der Waals surface area contributed by atoms with Crippen LogP contribution in [-0.2, 0) is 4.79 Å². The number of thiazole rings is 1. The van der Waals surface area contributed by atoms with E-state index in [9.17, 15) is 4.79 Å². The lowest BCUT2D eigenvalue weighted by Crippen LogP contribution is -2.07. The fraction of sp³-hybridized carbons (Fsp3) is 0.100. The topological polar surface area (TPSA) is 60.5 Å². The van der Waals surface area contributed by atoms with Crippen molar-refractivity contribution in [2.24, 2.45) is 0 Å². The Kier molecular flexibility index (Phi) is 5.66. The molecule has 132 valence electrons. The summed E-state index contributed by atoms with van der Waals surface area (Å²) in [6, 6.07) is 15.2. The Balaban J connectivity index is 1.70. The van der Waals surface area contributed by atoms with Crippen LogP contribution in [0, 0.1) is 0 Å². The van der Waals surface area contributed by atoms with Gasteiger partial charge in [-0.15, -0.1) is 11.3 Å². The summed E-state index contributed by atoms with van der Waals surface area (Å²) in [4.78, 5) is 16.5. The number of rotatable bonds is 6. The van der Waals surface area contributed by atoms with Crippen LogP contribution in [-0.4, -0.2) is 25.1 Å². The van der Waals surface area contributed by atoms with Crippen LogP contribution in [0.2, 0.25) is 0 Å². The quantitative estimate of drug-likeness (QED) is 0.654. The zero-order valence-corrected chi connectivity index (χ0v) is 15.2. The number of hydrogen-bond acceptors (Lipinski definition) is 5. The van der Waals surface area contributed by atoms with E-state index < -0.39 is 0 Å². The van der Waals surface area contributed by atoms with E-state index >= 15 is 0 Å². The smallest absolute Gasteiger partial charge is 0.250 e. The average molecular weight is 366 g/mol. The van der Waals surface area contributed by atoms with Gasteiger partial charge in [0.2, 0.25) is 5.91 Å². The van der Waals surface area contributed by atoms with Crippen molar-refractivity contribution in [3.63, 3.8) is 0 Å². The molecule has 0 unspecified atom stereocenters. The van der Waals surface area contributed by atoms with Crippen molar-refractivity contribution >= 4 is 28.5 Å². The summed E-state index contributed by atoms with van der Waals surface area (Å²) in [5, 5.41) is 5.21. The van der Waals surface area contributed by atoms with Crippen LogP contribution >= 0.6 is 11.3 Å². The SMILES string of the molecule is COc1ccc(-c2csc(NC(=O)/C=C/c3ccccc3)n2)cc1OC. The van der Waals surface area contributed by atoms with E-state index in [0.29, 0.717) is 16.6 Å². The van der Waals surface area contributed by atoms with Gasteiger partial charge in [-0.1, -0.05) is 30.3 Å². The molecule has 3 aromatic rings. The number of ether oxygens (including phenoxy) is 2. The number of benzene rings is 2. The second-order valence-corrected chi connectivity index (χ2v) is 6.20. The number of methoxy groups -OCH3 is 2. The van der Waals surface area contributed by atoms with Gasteiger partial charge < -0.3 is 9.47 Å². The van der Waals surface area contributed by atoms with Gasteiger partial charge in [0.05, 0.1) is 19.9 Å². The van der Waals surface area contributed by atoms with Gasteiger partial charge in [-0.25, -0.2) is 4.98 Å². The van der Waals surface area contributed by atoms with Crippen LogP contribution in [0.5, 0.6) is 11.5 Å². The molecule has 0 spiro atoms. The lowest BCUT2D eigenvalue weighted by atomic mass is 10.1. The third kappa shape index (κ3) is 4.29. The Hall–Kier alpha value is -3.12. The van der Waals surface area contributed by atoms with Gasteiger partial charge in [-0.3, -0.25) is 10.1 Å². The maximum atomic E-state index is 12.0. The summed E-state index contributed by atoms with van der Waals surface area (Å²) < 4.78 is 10.6. The lowest BCUT2D eigenvalue weighted by molar-refractivity contribution is -0.111. The van der Waals surface area contributed by atoms with Crippen molar-refractivity contribution in [2.45, 2.75) is 0 Å².